The molecule has 0 bridgehead atoms. The first-order valence-electron chi connectivity index (χ1n) is 2.54. The first-order valence-corrected chi connectivity index (χ1v) is 2.54. The van der Waals surface area contributed by atoms with Crippen molar-refractivity contribution in [1.29, 1.82) is 0 Å². The van der Waals surface area contributed by atoms with Gasteiger partial charge in [0.15, 0.2) is 0 Å². The van der Waals surface area contributed by atoms with Crippen LogP contribution in [0, 0.1) is 0 Å². The Balaban J connectivity index is 2.74. The first kappa shape index (κ1) is 5.22. The fourth-order valence-corrected chi connectivity index (χ4v) is 0.601. The summed E-state index contributed by atoms with van der Waals surface area (Å²) in [6, 6.07) is 0. The first-order chi connectivity index (χ1) is 3.79. The highest BCUT2D eigenvalue weighted by Gasteiger charge is 1.98. The van der Waals surface area contributed by atoms with Gasteiger partial charge in [-0.25, -0.2) is 4.99 Å². The summed E-state index contributed by atoms with van der Waals surface area (Å²) in [4.78, 5) is 14.1. The van der Waals surface area contributed by atoms with Crippen LogP contribution in [-0.2, 0) is 4.79 Å². The number of hydrogen-bond donors (Lipinski definition) is 0. The van der Waals surface area contributed by atoms with Gasteiger partial charge in [-0.3, -0.25) is 4.79 Å². The van der Waals surface area contributed by atoms with Gasteiger partial charge in [-0.1, -0.05) is 6.08 Å². The van der Waals surface area contributed by atoms with Crippen molar-refractivity contribution in [3.8, 4) is 0 Å². The van der Waals surface area contributed by atoms with Gasteiger partial charge in [0.25, 0.3) is 5.91 Å². The van der Waals surface area contributed by atoms with Crippen LogP contribution >= 0.6 is 0 Å². The number of dihydropyridines is 1. The Bertz CT molecular complexity index is 167. The molecule has 0 aliphatic carbocycles. The molecule has 0 atom stereocenters. The molecule has 0 saturated heterocycles. The van der Waals surface area contributed by atoms with Crippen LogP contribution in [-0.4, -0.2) is 11.6 Å². The Hall–Kier alpha value is -0.920. The van der Waals surface area contributed by atoms with E-state index in [0.717, 1.165) is 12.1 Å². The molecule has 2 nitrogen and oxygen atoms in total. The number of amides is 1. The molecule has 1 rings (SSSR count). The third-order valence-corrected chi connectivity index (χ3v) is 0.975. The van der Waals surface area contributed by atoms with E-state index in [0.29, 0.717) is 0 Å². The van der Waals surface area contributed by atoms with Crippen molar-refractivity contribution in [2.24, 2.45) is 4.99 Å². The highest BCUT2D eigenvalue weighted by Crippen LogP contribution is 1.96. The minimum atomic E-state index is -0.131. The molecule has 0 spiro atoms. The molecule has 1 heterocycles. The average molecular weight is 109 g/mol. The van der Waals surface area contributed by atoms with E-state index in [1.807, 2.05) is 13.0 Å². The lowest BCUT2D eigenvalue weighted by atomic mass is 10.2. The number of hydrogen-bond acceptors (Lipinski definition) is 1. The molecule has 0 aromatic carbocycles. The highest BCUT2D eigenvalue weighted by atomic mass is 16.1. The van der Waals surface area contributed by atoms with Crippen LogP contribution in [0.4, 0.5) is 0 Å². The minimum absolute atomic E-state index is 0.131. The Morgan fingerprint density at radius 3 is 2.88 bits per heavy atom. The second-order valence-corrected chi connectivity index (χ2v) is 1.79. The molecule has 8 heavy (non-hydrogen) atoms. The van der Waals surface area contributed by atoms with Gasteiger partial charge in [0, 0.05) is 18.2 Å². The average Bonchev–Trinajstić information content (AvgIpc) is 1.64. The Morgan fingerprint density at radius 2 is 2.50 bits per heavy atom. The van der Waals surface area contributed by atoms with Gasteiger partial charge in [-0.05, 0) is 6.92 Å². The largest absolute Gasteiger partial charge is 0.269 e. The van der Waals surface area contributed by atoms with Crippen molar-refractivity contribution in [1.82, 2.24) is 0 Å². The molecule has 1 aliphatic rings. The fourth-order valence-electron chi connectivity index (χ4n) is 0.601. The van der Waals surface area contributed by atoms with Crippen LogP contribution in [0.3, 0.4) is 0 Å². The van der Waals surface area contributed by atoms with Gasteiger partial charge in [0.1, 0.15) is 0 Å². The van der Waals surface area contributed by atoms with E-state index in [4.69, 9.17) is 0 Å². The third-order valence-electron chi connectivity index (χ3n) is 0.975. The molecule has 0 unspecified atom stereocenters. The third kappa shape index (κ3) is 1.03. The van der Waals surface area contributed by atoms with E-state index in [1.165, 1.54) is 6.08 Å². The molecular weight excluding hydrogens is 102 g/mol. The van der Waals surface area contributed by atoms with Gasteiger partial charge >= 0.3 is 0 Å². The van der Waals surface area contributed by atoms with Crippen molar-refractivity contribution < 1.29 is 4.79 Å². The quantitative estimate of drug-likeness (QED) is 0.455. The van der Waals surface area contributed by atoms with Gasteiger partial charge in [0.05, 0.1) is 0 Å². The minimum Gasteiger partial charge on any atom is -0.267 e. The van der Waals surface area contributed by atoms with E-state index in [-0.39, 0.29) is 5.91 Å². The molecule has 0 radical (unpaired) electrons. The summed E-state index contributed by atoms with van der Waals surface area (Å²) in [6.07, 6.45) is 4.14. The number of rotatable bonds is 0. The standard InChI is InChI=1S/C6H7NO/c1-5-3-2-4-6(8)7-5/h2,4H,3H2,1H3. The van der Waals surface area contributed by atoms with Crippen LogP contribution in [0.5, 0.6) is 0 Å². The number of allylic oxidation sites excluding steroid dienone is 1. The highest BCUT2D eigenvalue weighted by molar-refractivity contribution is 6.02. The zero-order valence-electron chi connectivity index (χ0n) is 4.72. The summed E-state index contributed by atoms with van der Waals surface area (Å²) in [7, 11) is 0. The lowest BCUT2D eigenvalue weighted by Crippen LogP contribution is -2.00. The van der Waals surface area contributed by atoms with Crippen molar-refractivity contribution in [2.75, 3.05) is 0 Å². The summed E-state index contributed by atoms with van der Waals surface area (Å²) in [5, 5.41) is 0. The number of carbonyl (C=O) groups is 1. The Morgan fingerprint density at radius 1 is 1.75 bits per heavy atom. The lowest BCUT2D eigenvalue weighted by molar-refractivity contribution is -0.113. The number of aliphatic imine (C=N–C) groups is 1. The molecular formula is C6H7NO. The van der Waals surface area contributed by atoms with E-state index < -0.39 is 0 Å². The number of carbonyl (C=O) groups excluding carboxylic acids is 1. The van der Waals surface area contributed by atoms with Crippen molar-refractivity contribution in [3.63, 3.8) is 0 Å². The van der Waals surface area contributed by atoms with Crippen LogP contribution in [0.1, 0.15) is 13.3 Å². The van der Waals surface area contributed by atoms with Crippen molar-refractivity contribution in [3.05, 3.63) is 12.2 Å². The van der Waals surface area contributed by atoms with Crippen LogP contribution in [0.2, 0.25) is 0 Å². The zero-order chi connectivity index (χ0) is 5.98. The predicted molar refractivity (Wildman–Crippen MR) is 31.9 cm³/mol. The second-order valence-electron chi connectivity index (χ2n) is 1.79. The van der Waals surface area contributed by atoms with Gasteiger partial charge in [-0.15, -0.1) is 0 Å². The topological polar surface area (TPSA) is 29.4 Å². The smallest absolute Gasteiger partial charge is 0.267 e. The van der Waals surface area contributed by atoms with Crippen LogP contribution < -0.4 is 0 Å². The maximum Gasteiger partial charge on any atom is 0.269 e. The molecule has 1 amide bonds. The predicted octanol–water partition coefficient (Wildman–Crippen LogP) is 0.934. The molecule has 0 fully saturated rings. The molecule has 0 aromatic heterocycles. The van der Waals surface area contributed by atoms with Gasteiger partial charge < -0.3 is 0 Å². The molecule has 0 N–H and O–H groups in total. The van der Waals surface area contributed by atoms with E-state index in [1.54, 1.807) is 0 Å². The van der Waals surface area contributed by atoms with Crippen LogP contribution in [0.15, 0.2) is 17.1 Å². The maximum atomic E-state index is 10.4. The Kier molecular flexibility index (Phi) is 1.24. The Labute approximate surface area is 47.9 Å². The SMILES string of the molecule is CC1=NC(=O)C=CC1. The van der Waals surface area contributed by atoms with E-state index in [2.05, 4.69) is 4.99 Å². The second kappa shape index (κ2) is 1.90. The summed E-state index contributed by atoms with van der Waals surface area (Å²) < 4.78 is 0. The molecule has 1 aliphatic heterocycles. The molecule has 0 aromatic rings. The lowest BCUT2D eigenvalue weighted by Gasteiger charge is -1.96. The van der Waals surface area contributed by atoms with Gasteiger partial charge in [-0.2, -0.15) is 0 Å². The summed E-state index contributed by atoms with van der Waals surface area (Å²) in [5.74, 6) is -0.131. The molecule has 0 saturated carbocycles. The van der Waals surface area contributed by atoms with E-state index in [9.17, 15) is 4.79 Å². The number of nitrogens with zero attached hydrogens (tertiary/aromatic N) is 1. The summed E-state index contributed by atoms with van der Waals surface area (Å²) in [5.41, 5.74) is 0.900. The van der Waals surface area contributed by atoms with Crippen LogP contribution in [0.25, 0.3) is 0 Å². The fraction of sp³-hybridized carbons (Fsp3) is 0.333. The van der Waals surface area contributed by atoms with E-state index >= 15 is 0 Å². The van der Waals surface area contributed by atoms with Crippen molar-refractivity contribution >= 4 is 11.6 Å². The van der Waals surface area contributed by atoms with Gasteiger partial charge in [0.2, 0.25) is 0 Å². The molecule has 2 heteroatoms. The van der Waals surface area contributed by atoms with Crippen molar-refractivity contribution in [2.45, 2.75) is 13.3 Å². The summed E-state index contributed by atoms with van der Waals surface area (Å²) in [6.45, 7) is 1.85. The maximum absolute atomic E-state index is 10.4. The normalized spacial score (nSPS) is 18.6. The summed E-state index contributed by atoms with van der Waals surface area (Å²) >= 11 is 0. The monoisotopic (exact) mass is 109 g/mol. The zero-order valence-corrected chi connectivity index (χ0v) is 4.72. The molecule has 42 valence electrons.